The van der Waals surface area contributed by atoms with Crippen molar-refractivity contribution in [1.29, 1.82) is 0 Å². The molecule has 0 aliphatic heterocycles. The molecule has 0 aromatic heterocycles. The fourth-order valence-electron chi connectivity index (χ4n) is 4.67. The molecule has 0 aliphatic rings. The summed E-state index contributed by atoms with van der Waals surface area (Å²) in [6.45, 7) is 9.57. The van der Waals surface area contributed by atoms with Gasteiger partial charge in [0.15, 0.2) is 0 Å². The predicted molar refractivity (Wildman–Crippen MR) is 142 cm³/mol. The molecule has 0 heterocycles. The Kier molecular flexibility index (Phi) is 23.2. The van der Waals surface area contributed by atoms with Crippen molar-refractivity contribution in [2.45, 2.75) is 175 Å². The molecule has 0 fully saturated rings. The molecule has 0 bridgehead atoms. The Morgan fingerprint density at radius 2 is 0.812 bits per heavy atom. The summed E-state index contributed by atoms with van der Waals surface area (Å²) in [4.78, 5) is 12.9. The molecule has 0 rings (SSSR count). The molecule has 0 saturated heterocycles. The third-order valence-electron chi connectivity index (χ3n) is 7.14. The molecule has 0 amide bonds. The van der Waals surface area contributed by atoms with Crippen molar-refractivity contribution in [3.8, 4) is 0 Å². The van der Waals surface area contributed by atoms with Crippen molar-refractivity contribution in [1.82, 2.24) is 0 Å². The minimum absolute atomic E-state index is 0.0764. The lowest BCUT2D eigenvalue weighted by atomic mass is 9.79. The first kappa shape index (κ1) is 31.5. The number of unbranched alkanes of at least 4 members (excludes halogenated alkanes) is 18. The van der Waals surface area contributed by atoms with Crippen molar-refractivity contribution in [2.24, 2.45) is 5.41 Å². The van der Waals surface area contributed by atoms with Gasteiger partial charge in [-0.1, -0.05) is 149 Å². The molecule has 2 heteroatoms. The second kappa shape index (κ2) is 23.6. The van der Waals surface area contributed by atoms with E-state index in [-0.39, 0.29) is 11.4 Å². The molecule has 0 aromatic rings. The topological polar surface area (TPSA) is 26.3 Å². The van der Waals surface area contributed by atoms with Crippen LogP contribution in [0.15, 0.2) is 0 Å². The van der Waals surface area contributed by atoms with Gasteiger partial charge in [-0.05, 0) is 26.2 Å². The molecule has 1 unspecified atom stereocenters. The zero-order chi connectivity index (χ0) is 23.8. The monoisotopic (exact) mass is 452 g/mol. The minimum atomic E-state index is -0.268. The summed E-state index contributed by atoms with van der Waals surface area (Å²) in [6.07, 6.45) is 29.3. The number of hydrogen-bond donors (Lipinski definition) is 0. The van der Waals surface area contributed by atoms with E-state index < -0.39 is 0 Å². The van der Waals surface area contributed by atoms with E-state index in [0.29, 0.717) is 6.61 Å². The zero-order valence-corrected chi connectivity index (χ0v) is 22.8. The van der Waals surface area contributed by atoms with Crippen LogP contribution in [-0.4, -0.2) is 12.6 Å². The van der Waals surface area contributed by atoms with Crippen LogP contribution in [0.25, 0.3) is 0 Å². The van der Waals surface area contributed by atoms with Gasteiger partial charge in [-0.15, -0.1) is 0 Å². The second-order valence-electron chi connectivity index (χ2n) is 10.6. The molecule has 0 N–H and O–H groups in total. The normalized spacial score (nSPS) is 13.2. The lowest BCUT2D eigenvalue weighted by molar-refractivity contribution is -0.156. The largest absolute Gasteiger partial charge is 0.465 e. The molecule has 2 nitrogen and oxygen atoms in total. The van der Waals surface area contributed by atoms with Crippen LogP contribution in [0.2, 0.25) is 0 Å². The first-order valence-electron chi connectivity index (χ1n) is 14.8. The number of ether oxygens (including phenoxy) is 1. The Hall–Kier alpha value is -0.530. The van der Waals surface area contributed by atoms with Gasteiger partial charge in [-0.3, -0.25) is 4.79 Å². The van der Waals surface area contributed by atoms with Gasteiger partial charge in [0.1, 0.15) is 0 Å². The Bertz CT molecular complexity index is 392. The average Bonchev–Trinajstić information content (AvgIpc) is 2.79. The van der Waals surface area contributed by atoms with Gasteiger partial charge >= 0.3 is 5.97 Å². The summed E-state index contributed by atoms with van der Waals surface area (Å²) in [7, 11) is 0. The molecule has 0 radical (unpaired) electrons. The van der Waals surface area contributed by atoms with E-state index >= 15 is 0 Å². The zero-order valence-electron chi connectivity index (χ0n) is 22.8. The van der Waals surface area contributed by atoms with Crippen LogP contribution in [0.1, 0.15) is 175 Å². The predicted octanol–water partition coefficient (Wildman–Crippen LogP) is 10.6. The smallest absolute Gasteiger partial charge is 0.311 e. The van der Waals surface area contributed by atoms with Crippen LogP contribution in [0.3, 0.4) is 0 Å². The number of hydrogen-bond acceptors (Lipinski definition) is 2. The lowest BCUT2D eigenvalue weighted by Gasteiger charge is -2.27. The highest BCUT2D eigenvalue weighted by atomic mass is 16.5. The maximum absolute atomic E-state index is 12.9. The van der Waals surface area contributed by atoms with E-state index in [0.717, 1.165) is 25.7 Å². The average molecular weight is 453 g/mol. The van der Waals surface area contributed by atoms with Crippen molar-refractivity contribution < 1.29 is 9.53 Å². The van der Waals surface area contributed by atoms with Crippen LogP contribution in [-0.2, 0) is 9.53 Å². The van der Waals surface area contributed by atoms with Gasteiger partial charge in [0.05, 0.1) is 12.0 Å². The maximum atomic E-state index is 12.9. The fourth-order valence-corrected chi connectivity index (χ4v) is 4.67. The van der Waals surface area contributed by atoms with Gasteiger partial charge in [-0.25, -0.2) is 0 Å². The summed E-state index contributed by atoms with van der Waals surface area (Å²) in [5, 5.41) is 0. The summed E-state index contributed by atoms with van der Waals surface area (Å²) >= 11 is 0. The van der Waals surface area contributed by atoms with Gasteiger partial charge < -0.3 is 4.74 Å². The standard InChI is InChI=1S/C30H60O2/c1-5-8-11-13-15-17-18-19-21-24-27-30(4,26-23-10-7-3)29(31)32-28-25-22-20-16-14-12-9-6-2/h5-28H2,1-4H3. The summed E-state index contributed by atoms with van der Waals surface area (Å²) in [5.41, 5.74) is -0.268. The van der Waals surface area contributed by atoms with Crippen LogP contribution in [0.5, 0.6) is 0 Å². The fraction of sp³-hybridized carbons (Fsp3) is 0.967. The SMILES string of the molecule is CCCCCCCCCCCCC(C)(CCCCC)C(=O)OCCCCCCCCCC. The highest BCUT2D eigenvalue weighted by Crippen LogP contribution is 2.33. The van der Waals surface area contributed by atoms with E-state index in [4.69, 9.17) is 4.74 Å². The van der Waals surface area contributed by atoms with Crippen molar-refractivity contribution in [2.75, 3.05) is 6.61 Å². The van der Waals surface area contributed by atoms with Crippen molar-refractivity contribution in [3.63, 3.8) is 0 Å². The minimum Gasteiger partial charge on any atom is -0.465 e. The second-order valence-corrected chi connectivity index (χ2v) is 10.6. The Morgan fingerprint density at radius 3 is 1.25 bits per heavy atom. The molecule has 192 valence electrons. The number of esters is 1. The first-order chi connectivity index (χ1) is 15.6. The number of carbonyl (C=O) groups excluding carboxylic acids is 1. The summed E-state index contributed by atoms with van der Waals surface area (Å²) in [5.74, 6) is 0.0764. The molecular formula is C30H60O2. The molecule has 32 heavy (non-hydrogen) atoms. The highest BCUT2D eigenvalue weighted by Gasteiger charge is 2.33. The van der Waals surface area contributed by atoms with E-state index in [9.17, 15) is 4.79 Å². The van der Waals surface area contributed by atoms with Crippen molar-refractivity contribution >= 4 is 5.97 Å². The maximum Gasteiger partial charge on any atom is 0.311 e. The van der Waals surface area contributed by atoms with E-state index in [1.54, 1.807) is 0 Å². The quantitative estimate of drug-likeness (QED) is 0.102. The lowest BCUT2D eigenvalue weighted by Crippen LogP contribution is -2.30. The molecule has 0 spiro atoms. The van der Waals surface area contributed by atoms with Gasteiger partial charge in [0.25, 0.3) is 0 Å². The Labute approximate surface area is 203 Å². The van der Waals surface area contributed by atoms with Crippen LogP contribution < -0.4 is 0 Å². The highest BCUT2D eigenvalue weighted by molar-refractivity contribution is 5.76. The summed E-state index contributed by atoms with van der Waals surface area (Å²) in [6, 6.07) is 0. The van der Waals surface area contributed by atoms with Crippen LogP contribution in [0.4, 0.5) is 0 Å². The molecule has 0 aliphatic carbocycles. The van der Waals surface area contributed by atoms with Gasteiger partial charge in [0.2, 0.25) is 0 Å². The first-order valence-corrected chi connectivity index (χ1v) is 14.8. The van der Waals surface area contributed by atoms with E-state index in [2.05, 4.69) is 27.7 Å². The Balaban J connectivity index is 4.03. The third kappa shape index (κ3) is 19.0. The van der Waals surface area contributed by atoms with E-state index in [1.165, 1.54) is 122 Å². The molecule has 0 aromatic carbocycles. The molecule has 0 saturated carbocycles. The number of carbonyl (C=O) groups is 1. The Morgan fingerprint density at radius 1 is 0.500 bits per heavy atom. The van der Waals surface area contributed by atoms with Crippen LogP contribution >= 0.6 is 0 Å². The van der Waals surface area contributed by atoms with Gasteiger partial charge in [0, 0.05) is 0 Å². The van der Waals surface area contributed by atoms with E-state index in [1.807, 2.05) is 0 Å². The summed E-state index contributed by atoms with van der Waals surface area (Å²) < 4.78 is 5.79. The molecular weight excluding hydrogens is 392 g/mol. The van der Waals surface area contributed by atoms with Gasteiger partial charge in [-0.2, -0.15) is 0 Å². The van der Waals surface area contributed by atoms with Crippen LogP contribution in [0, 0.1) is 5.41 Å². The number of rotatable bonds is 25. The molecule has 1 atom stereocenters. The van der Waals surface area contributed by atoms with Crippen molar-refractivity contribution in [3.05, 3.63) is 0 Å². The third-order valence-corrected chi connectivity index (χ3v) is 7.14.